The third-order valence-corrected chi connectivity index (χ3v) is 8.29. The van der Waals surface area contributed by atoms with Crippen LogP contribution in [-0.2, 0) is 38.2 Å². The Hall–Kier alpha value is -3.32. The van der Waals surface area contributed by atoms with Crippen molar-refractivity contribution >= 4 is 15.7 Å². The number of imidazole rings is 1. The summed E-state index contributed by atoms with van der Waals surface area (Å²) in [6.45, 7) is 4.26. The van der Waals surface area contributed by atoms with E-state index in [1.165, 1.54) is 38.6 Å². The molecule has 3 aromatic rings. The van der Waals surface area contributed by atoms with Crippen LogP contribution in [-0.4, -0.2) is 93.9 Å². The third-order valence-electron chi connectivity index (χ3n) is 6.69. The number of benzene rings is 2. The van der Waals surface area contributed by atoms with Gasteiger partial charge in [0, 0.05) is 45.4 Å². The van der Waals surface area contributed by atoms with Gasteiger partial charge in [-0.05, 0) is 35.9 Å². The summed E-state index contributed by atoms with van der Waals surface area (Å²) < 4.78 is 58.5. The number of amides is 1. The minimum Gasteiger partial charge on any atom is -0.497 e. The SMILES string of the molecule is COCCn1c(CN(CCN2CCOCC2)C(=O)c2cccc(F)c2)cnc1S(=O)(=O)Cc1cccc(OC)c1. The summed E-state index contributed by atoms with van der Waals surface area (Å²) in [5, 5.41) is -0.103. The van der Waals surface area contributed by atoms with Crippen molar-refractivity contribution in [3.05, 3.63) is 77.4 Å². The van der Waals surface area contributed by atoms with Crippen molar-refractivity contribution in [3.8, 4) is 5.75 Å². The molecule has 10 nitrogen and oxygen atoms in total. The lowest BCUT2D eigenvalue weighted by Crippen LogP contribution is -2.43. The van der Waals surface area contributed by atoms with Gasteiger partial charge in [0.1, 0.15) is 11.6 Å². The number of aromatic nitrogens is 2. The van der Waals surface area contributed by atoms with E-state index < -0.39 is 15.7 Å². The third kappa shape index (κ3) is 7.66. The van der Waals surface area contributed by atoms with Gasteiger partial charge in [0.05, 0.1) is 51.1 Å². The Morgan fingerprint density at radius 2 is 1.88 bits per heavy atom. The van der Waals surface area contributed by atoms with Crippen LogP contribution in [0.5, 0.6) is 5.75 Å². The molecule has 0 aliphatic carbocycles. The Balaban J connectivity index is 1.62. The standard InChI is InChI=1S/C28H35FN4O6S/c1-37-14-13-33-25(19-30-28(33)40(35,36)21-22-5-3-8-26(17-22)38-2)20-32(10-9-31-11-15-39-16-12-31)27(34)23-6-4-7-24(29)18-23/h3-8,17-19H,9-16,20-21H2,1-2H3. The fourth-order valence-electron chi connectivity index (χ4n) is 4.57. The number of halogens is 1. The van der Waals surface area contributed by atoms with E-state index in [0.717, 1.165) is 13.1 Å². The van der Waals surface area contributed by atoms with E-state index in [-0.39, 0.29) is 42.1 Å². The molecule has 0 spiro atoms. The van der Waals surface area contributed by atoms with Crippen LogP contribution in [0, 0.1) is 5.82 Å². The Morgan fingerprint density at radius 1 is 1.10 bits per heavy atom. The molecule has 40 heavy (non-hydrogen) atoms. The zero-order valence-corrected chi connectivity index (χ0v) is 23.6. The van der Waals surface area contributed by atoms with Gasteiger partial charge >= 0.3 is 0 Å². The first-order chi connectivity index (χ1) is 19.3. The van der Waals surface area contributed by atoms with Crippen molar-refractivity contribution in [3.63, 3.8) is 0 Å². The summed E-state index contributed by atoms with van der Waals surface area (Å²) in [5.74, 6) is -0.567. The summed E-state index contributed by atoms with van der Waals surface area (Å²) in [6.07, 6.45) is 1.48. The summed E-state index contributed by atoms with van der Waals surface area (Å²) in [6, 6.07) is 12.4. The van der Waals surface area contributed by atoms with Crippen molar-refractivity contribution in [2.75, 3.05) is 60.2 Å². The number of carbonyl (C=O) groups is 1. The highest BCUT2D eigenvalue weighted by molar-refractivity contribution is 7.90. The summed E-state index contributed by atoms with van der Waals surface area (Å²) >= 11 is 0. The molecule has 1 aliphatic rings. The maximum Gasteiger partial charge on any atom is 0.254 e. The molecule has 1 aliphatic heterocycles. The van der Waals surface area contributed by atoms with E-state index in [9.17, 15) is 17.6 Å². The molecular weight excluding hydrogens is 539 g/mol. The van der Waals surface area contributed by atoms with Gasteiger partial charge in [-0.1, -0.05) is 18.2 Å². The molecule has 0 radical (unpaired) electrons. The molecule has 0 unspecified atom stereocenters. The molecule has 1 amide bonds. The zero-order chi connectivity index (χ0) is 28.5. The number of ether oxygens (including phenoxy) is 3. The average Bonchev–Trinajstić information content (AvgIpc) is 3.37. The highest BCUT2D eigenvalue weighted by Crippen LogP contribution is 2.22. The molecule has 0 bridgehead atoms. The summed E-state index contributed by atoms with van der Waals surface area (Å²) in [5.41, 5.74) is 1.32. The lowest BCUT2D eigenvalue weighted by molar-refractivity contribution is 0.0318. The predicted octanol–water partition coefficient (Wildman–Crippen LogP) is 2.63. The number of hydrogen-bond acceptors (Lipinski definition) is 8. The van der Waals surface area contributed by atoms with Crippen LogP contribution >= 0.6 is 0 Å². The molecule has 12 heteroatoms. The summed E-state index contributed by atoms with van der Waals surface area (Å²) in [4.78, 5) is 21.6. The van der Waals surface area contributed by atoms with Crippen LogP contribution in [0.4, 0.5) is 4.39 Å². The highest BCUT2D eigenvalue weighted by atomic mass is 32.2. The van der Waals surface area contributed by atoms with Gasteiger partial charge in [0.2, 0.25) is 15.0 Å². The van der Waals surface area contributed by atoms with Crippen molar-refractivity contribution in [2.45, 2.75) is 24.0 Å². The second kappa shape index (κ2) is 13.8. The average molecular weight is 575 g/mol. The minimum atomic E-state index is -3.86. The number of methoxy groups -OCH3 is 2. The molecule has 1 fully saturated rings. The minimum absolute atomic E-state index is 0.0884. The quantitative estimate of drug-likeness (QED) is 0.307. The monoisotopic (exact) mass is 574 g/mol. The second-order valence-corrected chi connectivity index (χ2v) is 11.4. The highest BCUT2D eigenvalue weighted by Gasteiger charge is 2.27. The van der Waals surface area contributed by atoms with Gasteiger partial charge in [0.15, 0.2) is 0 Å². The summed E-state index contributed by atoms with van der Waals surface area (Å²) in [7, 11) is -0.804. The van der Waals surface area contributed by atoms with E-state index >= 15 is 0 Å². The van der Waals surface area contributed by atoms with E-state index in [4.69, 9.17) is 14.2 Å². The number of morpholine rings is 1. The Labute approximate surface area is 234 Å². The maximum absolute atomic E-state index is 14.0. The number of hydrogen-bond donors (Lipinski definition) is 0. The van der Waals surface area contributed by atoms with Crippen LogP contribution in [0.25, 0.3) is 0 Å². The zero-order valence-electron chi connectivity index (χ0n) is 22.8. The van der Waals surface area contributed by atoms with E-state index in [1.807, 2.05) is 0 Å². The van der Waals surface area contributed by atoms with Crippen LogP contribution in [0.1, 0.15) is 21.6 Å². The lowest BCUT2D eigenvalue weighted by atomic mass is 10.2. The van der Waals surface area contributed by atoms with Crippen molar-refractivity contribution < 1.29 is 31.8 Å². The number of rotatable bonds is 13. The van der Waals surface area contributed by atoms with E-state index in [1.54, 1.807) is 39.8 Å². The molecule has 0 N–H and O–H groups in total. The van der Waals surface area contributed by atoms with Gasteiger partial charge in [-0.25, -0.2) is 17.8 Å². The number of sulfone groups is 1. The van der Waals surface area contributed by atoms with Crippen LogP contribution in [0.3, 0.4) is 0 Å². The molecule has 216 valence electrons. The van der Waals surface area contributed by atoms with Crippen LogP contribution in [0.15, 0.2) is 59.9 Å². The van der Waals surface area contributed by atoms with E-state index in [2.05, 4.69) is 9.88 Å². The first kappa shape index (κ1) is 29.7. The molecule has 2 aromatic carbocycles. The predicted molar refractivity (Wildman–Crippen MR) is 146 cm³/mol. The largest absolute Gasteiger partial charge is 0.497 e. The normalized spacial score (nSPS) is 14.3. The van der Waals surface area contributed by atoms with Crippen LogP contribution in [0.2, 0.25) is 0 Å². The van der Waals surface area contributed by atoms with Gasteiger partial charge in [-0.3, -0.25) is 9.69 Å². The second-order valence-electron chi connectivity index (χ2n) is 9.48. The number of carbonyl (C=O) groups excluding carboxylic acids is 1. The first-order valence-electron chi connectivity index (χ1n) is 13.0. The topological polar surface area (TPSA) is 103 Å². The number of nitrogens with zero attached hydrogens (tertiary/aromatic N) is 4. The fraction of sp³-hybridized carbons (Fsp3) is 0.429. The van der Waals surface area contributed by atoms with Gasteiger partial charge < -0.3 is 23.7 Å². The Morgan fingerprint density at radius 3 is 2.60 bits per heavy atom. The Kier molecular flexibility index (Phi) is 10.3. The van der Waals surface area contributed by atoms with Crippen LogP contribution < -0.4 is 4.74 Å². The van der Waals surface area contributed by atoms with Gasteiger partial charge in [0.25, 0.3) is 5.91 Å². The molecule has 1 saturated heterocycles. The molecule has 0 atom stereocenters. The van der Waals surface area contributed by atoms with Crippen molar-refractivity contribution in [1.82, 2.24) is 19.4 Å². The maximum atomic E-state index is 14.0. The first-order valence-corrected chi connectivity index (χ1v) is 14.7. The smallest absolute Gasteiger partial charge is 0.254 e. The van der Waals surface area contributed by atoms with E-state index in [0.29, 0.717) is 43.3 Å². The van der Waals surface area contributed by atoms with Crippen molar-refractivity contribution in [2.24, 2.45) is 0 Å². The fourth-order valence-corrected chi connectivity index (χ4v) is 6.08. The molecule has 0 saturated carbocycles. The van der Waals surface area contributed by atoms with Gasteiger partial charge in [-0.15, -0.1) is 0 Å². The van der Waals surface area contributed by atoms with Gasteiger partial charge in [-0.2, -0.15) is 0 Å². The Bertz CT molecular complexity index is 1390. The molecular formula is C28H35FN4O6S. The molecule has 4 rings (SSSR count). The van der Waals surface area contributed by atoms with Crippen molar-refractivity contribution in [1.29, 1.82) is 0 Å². The molecule has 1 aromatic heterocycles. The molecule has 2 heterocycles. The lowest BCUT2D eigenvalue weighted by Gasteiger charge is -2.30.